The zero-order valence-electron chi connectivity index (χ0n) is 15.8. The Kier molecular flexibility index (Phi) is 6.75. The molecule has 0 aliphatic carbocycles. The highest BCUT2D eigenvalue weighted by molar-refractivity contribution is 6.39. The molecule has 1 saturated heterocycles. The summed E-state index contributed by atoms with van der Waals surface area (Å²) in [4.78, 5) is 36.6. The van der Waals surface area contributed by atoms with Crippen LogP contribution in [-0.2, 0) is 20.7 Å². The Bertz CT molecular complexity index is 879. The molecule has 2 aromatic carbocycles. The number of carbonyl (C=O) groups excluding carboxylic acids is 2. The van der Waals surface area contributed by atoms with Crippen LogP contribution < -0.4 is 15.5 Å². The summed E-state index contributed by atoms with van der Waals surface area (Å²) in [5, 5.41) is 15.8. The van der Waals surface area contributed by atoms with E-state index in [0.717, 1.165) is 37.6 Å². The molecule has 152 valence electrons. The molecule has 1 heterocycles. The van der Waals surface area contributed by atoms with E-state index in [-0.39, 0.29) is 17.9 Å². The van der Waals surface area contributed by atoms with Gasteiger partial charge in [0, 0.05) is 31.4 Å². The number of para-hydroxylation sites is 2. The summed E-state index contributed by atoms with van der Waals surface area (Å²) in [5.41, 5.74) is 1.87. The number of hydrogen-bond acceptors (Lipinski definition) is 6. The number of ether oxygens (including phenoxy) is 1. The lowest BCUT2D eigenvalue weighted by molar-refractivity contribution is -0.383. The van der Waals surface area contributed by atoms with Crippen LogP contribution in [0, 0.1) is 10.1 Å². The van der Waals surface area contributed by atoms with E-state index >= 15 is 0 Å². The Labute approximate surface area is 167 Å². The van der Waals surface area contributed by atoms with Crippen molar-refractivity contribution in [1.82, 2.24) is 5.32 Å². The van der Waals surface area contributed by atoms with Gasteiger partial charge in [-0.25, -0.2) is 0 Å². The smallest absolute Gasteiger partial charge is 0.313 e. The largest absolute Gasteiger partial charge is 0.378 e. The summed E-state index contributed by atoms with van der Waals surface area (Å²) in [6.07, 6.45) is 0.563. The van der Waals surface area contributed by atoms with Crippen LogP contribution in [0.4, 0.5) is 17.1 Å². The molecule has 0 bridgehead atoms. The van der Waals surface area contributed by atoms with Crippen molar-refractivity contribution < 1.29 is 19.2 Å². The van der Waals surface area contributed by atoms with Gasteiger partial charge in [0.25, 0.3) is 5.69 Å². The van der Waals surface area contributed by atoms with E-state index in [1.807, 2.05) is 24.3 Å². The van der Waals surface area contributed by atoms with E-state index in [2.05, 4.69) is 15.5 Å². The second kappa shape index (κ2) is 9.65. The van der Waals surface area contributed by atoms with Crippen molar-refractivity contribution in [2.24, 2.45) is 0 Å². The van der Waals surface area contributed by atoms with Crippen LogP contribution in [-0.4, -0.2) is 49.6 Å². The second-order valence-electron chi connectivity index (χ2n) is 6.50. The van der Waals surface area contributed by atoms with Crippen molar-refractivity contribution >= 4 is 28.9 Å². The van der Waals surface area contributed by atoms with Crippen LogP contribution in [0.25, 0.3) is 0 Å². The predicted molar refractivity (Wildman–Crippen MR) is 108 cm³/mol. The summed E-state index contributed by atoms with van der Waals surface area (Å²) in [5.74, 6) is -1.78. The van der Waals surface area contributed by atoms with E-state index in [1.54, 1.807) is 6.07 Å². The van der Waals surface area contributed by atoms with E-state index in [0.29, 0.717) is 6.42 Å². The maximum atomic E-state index is 12.0. The standard InChI is InChI=1S/C20H22N4O5/c25-19(20(26)22-17-3-1-2-4-18(17)24(27)28)21-10-9-15-5-7-16(8-6-15)23-11-13-29-14-12-23/h1-8H,9-14H2,(H,21,25)(H,22,26). The number of nitro groups is 1. The van der Waals surface area contributed by atoms with Gasteiger partial charge >= 0.3 is 11.8 Å². The molecule has 3 rings (SSSR count). The van der Waals surface area contributed by atoms with Gasteiger partial charge < -0.3 is 20.3 Å². The first kappa shape index (κ1) is 20.3. The summed E-state index contributed by atoms with van der Waals surface area (Å²) < 4.78 is 5.35. The van der Waals surface area contributed by atoms with E-state index in [1.165, 1.54) is 18.2 Å². The van der Waals surface area contributed by atoms with Gasteiger partial charge in [0.1, 0.15) is 5.69 Å². The van der Waals surface area contributed by atoms with Gasteiger partial charge in [-0.1, -0.05) is 24.3 Å². The van der Waals surface area contributed by atoms with Crippen molar-refractivity contribution in [3.63, 3.8) is 0 Å². The SMILES string of the molecule is O=C(NCCc1ccc(N2CCOCC2)cc1)C(=O)Nc1ccccc1[N+](=O)[O-]. The van der Waals surface area contributed by atoms with Gasteiger partial charge in [-0.3, -0.25) is 19.7 Å². The summed E-state index contributed by atoms with van der Waals surface area (Å²) >= 11 is 0. The van der Waals surface area contributed by atoms with Gasteiger partial charge in [-0.05, 0) is 30.2 Å². The fourth-order valence-corrected chi connectivity index (χ4v) is 3.01. The zero-order valence-corrected chi connectivity index (χ0v) is 15.8. The number of carbonyl (C=O) groups is 2. The minimum Gasteiger partial charge on any atom is -0.378 e. The Morgan fingerprint density at radius 2 is 1.72 bits per heavy atom. The molecule has 2 aromatic rings. The van der Waals surface area contributed by atoms with Crippen LogP contribution in [0.3, 0.4) is 0 Å². The topological polar surface area (TPSA) is 114 Å². The lowest BCUT2D eigenvalue weighted by atomic mass is 10.1. The highest BCUT2D eigenvalue weighted by Crippen LogP contribution is 2.23. The van der Waals surface area contributed by atoms with Gasteiger partial charge in [-0.2, -0.15) is 0 Å². The van der Waals surface area contributed by atoms with Gasteiger partial charge in [-0.15, -0.1) is 0 Å². The molecule has 0 aromatic heterocycles. The second-order valence-corrected chi connectivity index (χ2v) is 6.50. The van der Waals surface area contributed by atoms with Gasteiger partial charge in [0.05, 0.1) is 18.1 Å². The number of nitro benzene ring substituents is 1. The van der Waals surface area contributed by atoms with Crippen molar-refractivity contribution in [2.45, 2.75) is 6.42 Å². The number of nitrogens with zero attached hydrogens (tertiary/aromatic N) is 2. The molecule has 0 radical (unpaired) electrons. The average molecular weight is 398 g/mol. The third-order valence-electron chi connectivity index (χ3n) is 4.57. The number of hydrogen-bond donors (Lipinski definition) is 2. The van der Waals surface area contributed by atoms with Crippen LogP contribution in [0.15, 0.2) is 48.5 Å². The Morgan fingerprint density at radius 3 is 2.41 bits per heavy atom. The molecule has 9 heteroatoms. The highest BCUT2D eigenvalue weighted by Gasteiger charge is 2.19. The monoisotopic (exact) mass is 398 g/mol. The van der Waals surface area contributed by atoms with Crippen LogP contribution >= 0.6 is 0 Å². The first-order valence-electron chi connectivity index (χ1n) is 9.29. The molecule has 0 unspecified atom stereocenters. The minimum atomic E-state index is -0.943. The first-order chi connectivity index (χ1) is 14.0. The molecule has 1 fully saturated rings. The van der Waals surface area contributed by atoms with Crippen molar-refractivity contribution in [3.8, 4) is 0 Å². The first-order valence-corrected chi connectivity index (χ1v) is 9.29. The number of morpholine rings is 1. The molecule has 0 spiro atoms. The van der Waals surface area contributed by atoms with E-state index in [4.69, 9.17) is 4.74 Å². The van der Waals surface area contributed by atoms with Gasteiger partial charge in [0.2, 0.25) is 0 Å². The molecule has 0 atom stereocenters. The number of amides is 2. The number of rotatable bonds is 6. The lowest BCUT2D eigenvalue weighted by Gasteiger charge is -2.28. The third-order valence-corrected chi connectivity index (χ3v) is 4.57. The maximum absolute atomic E-state index is 12.0. The fraction of sp³-hybridized carbons (Fsp3) is 0.300. The zero-order chi connectivity index (χ0) is 20.6. The normalized spacial score (nSPS) is 13.6. The Hall–Kier alpha value is -3.46. The molecule has 1 aliphatic heterocycles. The number of anilines is 2. The van der Waals surface area contributed by atoms with E-state index in [9.17, 15) is 19.7 Å². The Balaban J connectivity index is 1.47. The minimum absolute atomic E-state index is 0.0173. The summed E-state index contributed by atoms with van der Waals surface area (Å²) in [6, 6.07) is 13.7. The Morgan fingerprint density at radius 1 is 1.03 bits per heavy atom. The molecule has 2 N–H and O–H groups in total. The van der Waals surface area contributed by atoms with Crippen molar-refractivity contribution in [2.75, 3.05) is 43.1 Å². The summed E-state index contributed by atoms with van der Waals surface area (Å²) in [6.45, 7) is 3.46. The van der Waals surface area contributed by atoms with Crippen LogP contribution in [0.1, 0.15) is 5.56 Å². The molecule has 0 saturated carbocycles. The van der Waals surface area contributed by atoms with E-state index < -0.39 is 16.7 Å². The van der Waals surface area contributed by atoms with Crippen LogP contribution in [0.5, 0.6) is 0 Å². The number of benzene rings is 2. The molecular formula is C20H22N4O5. The number of nitrogens with one attached hydrogen (secondary N) is 2. The van der Waals surface area contributed by atoms with Crippen molar-refractivity contribution in [3.05, 3.63) is 64.2 Å². The van der Waals surface area contributed by atoms with Crippen LogP contribution in [0.2, 0.25) is 0 Å². The molecule has 9 nitrogen and oxygen atoms in total. The third kappa shape index (κ3) is 5.52. The quantitative estimate of drug-likeness (QED) is 0.435. The molecule has 1 aliphatic rings. The summed E-state index contributed by atoms with van der Waals surface area (Å²) in [7, 11) is 0. The molecule has 2 amide bonds. The molecule has 29 heavy (non-hydrogen) atoms. The predicted octanol–water partition coefficient (Wildman–Crippen LogP) is 1.73. The average Bonchev–Trinajstić information content (AvgIpc) is 2.75. The molecular weight excluding hydrogens is 376 g/mol. The fourth-order valence-electron chi connectivity index (χ4n) is 3.01. The maximum Gasteiger partial charge on any atom is 0.313 e. The highest BCUT2D eigenvalue weighted by atomic mass is 16.6. The lowest BCUT2D eigenvalue weighted by Crippen LogP contribution is -2.36. The van der Waals surface area contributed by atoms with Crippen molar-refractivity contribution in [1.29, 1.82) is 0 Å². The van der Waals surface area contributed by atoms with Gasteiger partial charge in [0.15, 0.2) is 0 Å².